The number of rotatable bonds is 6. The van der Waals surface area contributed by atoms with Crippen LogP contribution in [0.2, 0.25) is 0 Å². The fourth-order valence-electron chi connectivity index (χ4n) is 3.63. The maximum absolute atomic E-state index is 13.8. The van der Waals surface area contributed by atoms with Crippen LogP contribution in [0.25, 0.3) is 11.1 Å². The van der Waals surface area contributed by atoms with Crippen LogP contribution in [0.4, 0.5) is 10.1 Å². The minimum Gasteiger partial charge on any atom is -0.487 e. The van der Waals surface area contributed by atoms with Crippen molar-refractivity contribution in [2.24, 2.45) is 0 Å². The summed E-state index contributed by atoms with van der Waals surface area (Å²) < 4.78 is 19.8. The summed E-state index contributed by atoms with van der Waals surface area (Å²) in [4.78, 5) is 13.8. The molecule has 6 nitrogen and oxygen atoms in total. The van der Waals surface area contributed by atoms with E-state index in [4.69, 9.17) is 15.1 Å². The Morgan fingerprint density at radius 3 is 2.55 bits per heavy atom. The molecule has 0 amide bonds. The van der Waals surface area contributed by atoms with Gasteiger partial charge in [0.2, 0.25) is 0 Å². The van der Waals surface area contributed by atoms with E-state index in [1.54, 1.807) is 36.4 Å². The first-order chi connectivity index (χ1) is 15.0. The fourth-order valence-corrected chi connectivity index (χ4v) is 3.63. The van der Waals surface area contributed by atoms with E-state index in [-0.39, 0.29) is 23.8 Å². The number of hydrogen-bond donors (Lipinski definition) is 2. The van der Waals surface area contributed by atoms with Gasteiger partial charge in [-0.3, -0.25) is 0 Å². The average Bonchev–Trinajstić information content (AvgIpc) is 2.76. The highest BCUT2D eigenvalue weighted by Gasteiger charge is 2.31. The van der Waals surface area contributed by atoms with Gasteiger partial charge in [-0.15, -0.1) is 0 Å². The van der Waals surface area contributed by atoms with Crippen molar-refractivity contribution in [1.82, 2.24) is 0 Å². The molecule has 0 radical (unpaired) electrons. The molecule has 156 valence electrons. The van der Waals surface area contributed by atoms with Crippen LogP contribution in [-0.4, -0.2) is 35.4 Å². The Bertz CT molecular complexity index is 1170. The number of carboxylic acid groups (broad SMARTS) is 1. The molecule has 0 aromatic heterocycles. The molecule has 1 aliphatic rings. The molecule has 1 heterocycles. The number of nitrogens with zero attached hydrogens (tertiary/aromatic N) is 2. The summed E-state index contributed by atoms with van der Waals surface area (Å²) in [6.45, 7) is 1.06. The van der Waals surface area contributed by atoms with Gasteiger partial charge in [0, 0.05) is 11.3 Å². The van der Waals surface area contributed by atoms with Gasteiger partial charge in [0.25, 0.3) is 0 Å². The summed E-state index contributed by atoms with van der Waals surface area (Å²) in [6.07, 6.45) is -0.0794. The zero-order valence-corrected chi connectivity index (χ0v) is 16.5. The number of ether oxygens (including phenoxy) is 1. The number of carboxylic acids is 1. The Hall–Kier alpha value is -3.89. The lowest BCUT2D eigenvalue weighted by atomic mass is 9.94. The van der Waals surface area contributed by atoms with Gasteiger partial charge in [0.05, 0.1) is 30.8 Å². The third-order valence-electron chi connectivity index (χ3n) is 5.25. The summed E-state index contributed by atoms with van der Waals surface area (Å²) in [7, 11) is 0. The molecule has 31 heavy (non-hydrogen) atoms. The number of carbonyl (C=O) groups is 1. The molecule has 3 aromatic carbocycles. The van der Waals surface area contributed by atoms with Crippen molar-refractivity contribution in [2.45, 2.75) is 12.7 Å². The smallest absolute Gasteiger partial charge is 0.336 e. The highest BCUT2D eigenvalue weighted by atomic mass is 19.1. The maximum atomic E-state index is 13.8. The number of nitriles is 1. The number of aromatic carboxylic acids is 1. The molecule has 4 rings (SSSR count). The van der Waals surface area contributed by atoms with Gasteiger partial charge in [-0.25, -0.2) is 9.18 Å². The van der Waals surface area contributed by atoms with Crippen LogP contribution < -0.4 is 9.64 Å². The van der Waals surface area contributed by atoms with Gasteiger partial charge in [0.1, 0.15) is 23.7 Å². The zero-order chi connectivity index (χ0) is 22.0. The second-order valence-electron chi connectivity index (χ2n) is 7.26. The minimum atomic E-state index is -1.10. The van der Waals surface area contributed by atoms with Crippen molar-refractivity contribution in [3.63, 3.8) is 0 Å². The Morgan fingerprint density at radius 2 is 1.90 bits per heavy atom. The predicted molar refractivity (Wildman–Crippen MR) is 113 cm³/mol. The van der Waals surface area contributed by atoms with Gasteiger partial charge in [0.15, 0.2) is 0 Å². The number of halogens is 1. The highest BCUT2D eigenvalue weighted by Crippen LogP contribution is 2.37. The highest BCUT2D eigenvalue weighted by molar-refractivity contribution is 6.00. The molecule has 0 aliphatic carbocycles. The maximum Gasteiger partial charge on any atom is 0.336 e. The second kappa shape index (κ2) is 8.46. The minimum absolute atomic E-state index is 0.0307. The molecule has 1 fully saturated rings. The lowest BCUT2D eigenvalue weighted by molar-refractivity contribution is 0.0697. The lowest BCUT2D eigenvalue weighted by Crippen LogP contribution is -2.54. The van der Waals surface area contributed by atoms with Crippen LogP contribution in [0.15, 0.2) is 60.7 Å². The number of aliphatic hydroxyl groups is 1. The quantitative estimate of drug-likeness (QED) is 0.632. The van der Waals surface area contributed by atoms with E-state index in [2.05, 4.69) is 0 Å². The first kappa shape index (κ1) is 20.4. The van der Waals surface area contributed by atoms with Crippen LogP contribution in [0.5, 0.6) is 5.75 Å². The predicted octanol–water partition coefficient (Wildman–Crippen LogP) is 3.82. The third-order valence-corrected chi connectivity index (χ3v) is 5.25. The van der Waals surface area contributed by atoms with E-state index >= 15 is 0 Å². The van der Waals surface area contributed by atoms with Gasteiger partial charge in [-0.05, 0) is 47.5 Å². The second-order valence-corrected chi connectivity index (χ2v) is 7.26. The van der Waals surface area contributed by atoms with E-state index in [1.165, 1.54) is 24.3 Å². The van der Waals surface area contributed by atoms with Crippen LogP contribution in [0.3, 0.4) is 0 Å². The van der Waals surface area contributed by atoms with Crippen LogP contribution >= 0.6 is 0 Å². The van der Waals surface area contributed by atoms with Gasteiger partial charge < -0.3 is 19.8 Å². The van der Waals surface area contributed by atoms with Crippen molar-refractivity contribution in [3.8, 4) is 22.9 Å². The first-order valence-electron chi connectivity index (χ1n) is 9.68. The topological polar surface area (TPSA) is 93.8 Å². The summed E-state index contributed by atoms with van der Waals surface area (Å²) in [5, 5.41) is 28.0. The largest absolute Gasteiger partial charge is 0.487 e. The first-order valence-corrected chi connectivity index (χ1v) is 9.68. The van der Waals surface area contributed by atoms with Crippen molar-refractivity contribution in [2.75, 3.05) is 18.0 Å². The van der Waals surface area contributed by atoms with Gasteiger partial charge in [-0.1, -0.05) is 24.3 Å². The number of anilines is 1. The third kappa shape index (κ3) is 4.06. The molecule has 1 saturated heterocycles. The van der Waals surface area contributed by atoms with Gasteiger partial charge >= 0.3 is 5.97 Å². The molecule has 3 aromatic rings. The zero-order valence-electron chi connectivity index (χ0n) is 16.5. The normalized spacial score (nSPS) is 13.4. The average molecular weight is 418 g/mol. The molecule has 7 heteroatoms. The molecular weight excluding hydrogens is 399 g/mol. The SMILES string of the molecule is N#Cc1cc(-c2c(C(=O)O)cccc2N2CC(Oc3ccc(CO)cc3)C2)ccc1F. The standard InChI is InChI=1S/C24H19FN2O4/c25-21-9-6-16(10-17(21)11-26)23-20(24(29)30)2-1-3-22(23)27-12-19(13-27)31-18-7-4-15(14-28)5-8-18/h1-10,19,28H,12-14H2,(H,29,30). The molecule has 1 aliphatic heterocycles. The molecule has 0 unspecified atom stereocenters. The van der Waals surface area contributed by atoms with E-state index in [9.17, 15) is 14.3 Å². The van der Waals surface area contributed by atoms with E-state index in [1.807, 2.05) is 11.0 Å². The number of benzene rings is 3. The van der Waals surface area contributed by atoms with Crippen LogP contribution in [0.1, 0.15) is 21.5 Å². The van der Waals surface area contributed by atoms with E-state index < -0.39 is 11.8 Å². The fraction of sp³-hybridized carbons (Fsp3) is 0.167. The Balaban J connectivity index is 1.60. The van der Waals surface area contributed by atoms with E-state index in [0.29, 0.717) is 35.7 Å². The van der Waals surface area contributed by atoms with Crippen LogP contribution in [0, 0.1) is 17.1 Å². The van der Waals surface area contributed by atoms with Gasteiger partial charge in [-0.2, -0.15) is 5.26 Å². The molecule has 0 spiro atoms. The monoisotopic (exact) mass is 418 g/mol. The summed E-state index contributed by atoms with van der Waals surface area (Å²) >= 11 is 0. The van der Waals surface area contributed by atoms with E-state index in [0.717, 1.165) is 5.56 Å². The molecule has 2 N–H and O–H groups in total. The van der Waals surface area contributed by atoms with Crippen LogP contribution in [-0.2, 0) is 6.61 Å². The summed E-state index contributed by atoms with van der Waals surface area (Å²) in [5.41, 5.74) is 2.34. The molecule has 0 atom stereocenters. The van der Waals surface area contributed by atoms with Crippen molar-refractivity contribution in [1.29, 1.82) is 5.26 Å². The molecule has 0 bridgehead atoms. The lowest BCUT2D eigenvalue weighted by Gasteiger charge is -2.41. The Morgan fingerprint density at radius 1 is 1.16 bits per heavy atom. The Labute approximate surface area is 178 Å². The molecular formula is C24H19FN2O4. The van der Waals surface area contributed by atoms with Crippen molar-refractivity contribution in [3.05, 3.63) is 83.2 Å². The summed E-state index contributed by atoms with van der Waals surface area (Å²) in [5.74, 6) is -1.05. The van der Waals surface area contributed by atoms with Crippen molar-refractivity contribution >= 4 is 11.7 Å². The van der Waals surface area contributed by atoms with Crippen molar-refractivity contribution < 1.29 is 24.1 Å². The number of aliphatic hydroxyl groups excluding tert-OH is 1. The Kier molecular flexibility index (Phi) is 5.56. The number of hydrogen-bond acceptors (Lipinski definition) is 5. The summed E-state index contributed by atoms with van der Waals surface area (Å²) in [6, 6.07) is 18.0. The molecule has 0 saturated carbocycles.